The van der Waals surface area contributed by atoms with Crippen LogP contribution in [0.4, 0.5) is 0 Å². The van der Waals surface area contributed by atoms with Gasteiger partial charge >= 0.3 is 0 Å². The first kappa shape index (κ1) is 18.2. The molecule has 0 radical (unpaired) electrons. The Morgan fingerprint density at radius 1 is 1.16 bits per heavy atom. The third-order valence-corrected chi connectivity index (χ3v) is 6.60. The second-order valence-corrected chi connectivity index (χ2v) is 8.42. The van der Waals surface area contributed by atoms with E-state index in [-0.39, 0.29) is 28.9 Å². The monoisotopic (exact) mass is 402 g/mol. The van der Waals surface area contributed by atoms with Gasteiger partial charge in [0.05, 0.1) is 16.8 Å². The molecule has 134 valence electrons. The van der Waals surface area contributed by atoms with Crippen molar-refractivity contribution in [3.8, 4) is 0 Å². The average molecular weight is 403 g/mol. The van der Waals surface area contributed by atoms with E-state index >= 15 is 0 Å². The van der Waals surface area contributed by atoms with Crippen LogP contribution in [-0.2, 0) is 17.1 Å². The van der Waals surface area contributed by atoms with Gasteiger partial charge < -0.3 is 4.90 Å². The molecule has 1 aromatic heterocycles. The van der Waals surface area contributed by atoms with E-state index in [2.05, 4.69) is 5.10 Å². The Balaban J connectivity index is 1.73. The van der Waals surface area contributed by atoms with Gasteiger partial charge in [-0.25, -0.2) is 8.42 Å². The van der Waals surface area contributed by atoms with Crippen molar-refractivity contribution in [2.24, 2.45) is 7.05 Å². The Hall–Kier alpha value is -1.61. The van der Waals surface area contributed by atoms with Crippen molar-refractivity contribution in [1.29, 1.82) is 0 Å². The van der Waals surface area contributed by atoms with E-state index in [1.807, 2.05) is 0 Å². The fourth-order valence-electron chi connectivity index (χ4n) is 2.66. The highest BCUT2D eigenvalue weighted by Gasteiger charge is 2.32. The van der Waals surface area contributed by atoms with Crippen molar-refractivity contribution in [3.05, 3.63) is 46.2 Å². The third-order valence-electron chi connectivity index (χ3n) is 3.99. The van der Waals surface area contributed by atoms with Gasteiger partial charge in [-0.15, -0.1) is 0 Å². The van der Waals surface area contributed by atoms with E-state index in [9.17, 15) is 13.2 Å². The van der Waals surface area contributed by atoms with Crippen molar-refractivity contribution in [2.45, 2.75) is 4.90 Å². The molecule has 0 saturated carbocycles. The smallest absolute Gasteiger partial charge is 0.257 e. The van der Waals surface area contributed by atoms with Crippen molar-refractivity contribution < 1.29 is 13.2 Å². The molecule has 0 aliphatic carbocycles. The van der Waals surface area contributed by atoms with Crippen LogP contribution in [0, 0.1) is 0 Å². The van der Waals surface area contributed by atoms with E-state index in [0.29, 0.717) is 23.7 Å². The highest BCUT2D eigenvalue weighted by Crippen LogP contribution is 2.28. The zero-order chi connectivity index (χ0) is 18.2. The molecular formula is C15H16Cl2N4O3S. The number of aryl methyl sites for hydroxylation is 1. The van der Waals surface area contributed by atoms with Crippen molar-refractivity contribution >= 4 is 39.1 Å². The van der Waals surface area contributed by atoms with Crippen molar-refractivity contribution in [1.82, 2.24) is 19.0 Å². The van der Waals surface area contributed by atoms with Gasteiger partial charge in [0.2, 0.25) is 10.0 Å². The van der Waals surface area contributed by atoms with Crippen molar-refractivity contribution in [3.63, 3.8) is 0 Å². The van der Waals surface area contributed by atoms with Crippen LogP contribution in [0.2, 0.25) is 10.0 Å². The molecule has 1 aromatic carbocycles. The molecule has 1 aliphatic rings. The number of rotatable bonds is 3. The molecule has 0 unspecified atom stereocenters. The van der Waals surface area contributed by atoms with Crippen LogP contribution < -0.4 is 0 Å². The summed E-state index contributed by atoms with van der Waals surface area (Å²) in [6, 6.07) is 4.33. The molecule has 1 aliphatic heterocycles. The van der Waals surface area contributed by atoms with Gasteiger partial charge in [0.1, 0.15) is 4.90 Å². The zero-order valence-electron chi connectivity index (χ0n) is 13.4. The number of hydrogen-bond acceptors (Lipinski definition) is 4. The Morgan fingerprint density at radius 3 is 2.44 bits per heavy atom. The SMILES string of the molecule is Cn1cc(C(=O)N2CCN(S(=O)(=O)c3cc(Cl)ccc3Cl)CC2)cn1. The topological polar surface area (TPSA) is 75.5 Å². The second-order valence-electron chi connectivity index (χ2n) is 5.67. The number of amides is 1. The summed E-state index contributed by atoms with van der Waals surface area (Å²) in [6.07, 6.45) is 3.13. The van der Waals surface area contributed by atoms with Crippen LogP contribution in [0.5, 0.6) is 0 Å². The first-order valence-electron chi connectivity index (χ1n) is 7.52. The number of piperazine rings is 1. The predicted octanol–water partition coefficient (Wildman–Crippen LogP) is 1.87. The summed E-state index contributed by atoms with van der Waals surface area (Å²) in [6.45, 7) is 0.977. The molecule has 10 heteroatoms. The van der Waals surface area contributed by atoms with Crippen LogP contribution in [0.1, 0.15) is 10.4 Å². The van der Waals surface area contributed by atoms with Crippen LogP contribution in [0.15, 0.2) is 35.5 Å². The highest BCUT2D eigenvalue weighted by molar-refractivity contribution is 7.89. The van der Waals surface area contributed by atoms with Crippen LogP contribution in [0.3, 0.4) is 0 Å². The standard InChI is InChI=1S/C15H16Cl2N4O3S/c1-19-10-11(9-18-19)15(22)20-4-6-21(7-5-20)25(23,24)14-8-12(16)2-3-13(14)17/h2-3,8-10H,4-7H2,1H3. The summed E-state index contributed by atoms with van der Waals surface area (Å²) in [5.41, 5.74) is 0.483. The lowest BCUT2D eigenvalue weighted by Gasteiger charge is -2.34. The highest BCUT2D eigenvalue weighted by atomic mass is 35.5. The summed E-state index contributed by atoms with van der Waals surface area (Å²) in [5.74, 6) is -0.161. The number of carbonyl (C=O) groups is 1. The Labute approximate surface area is 155 Å². The lowest BCUT2D eigenvalue weighted by Crippen LogP contribution is -2.50. The lowest BCUT2D eigenvalue weighted by molar-refractivity contribution is 0.0698. The van der Waals surface area contributed by atoms with E-state index in [1.165, 1.54) is 28.7 Å². The van der Waals surface area contributed by atoms with Crippen molar-refractivity contribution in [2.75, 3.05) is 26.2 Å². The Bertz CT molecular complexity index is 905. The number of halogens is 2. The molecule has 1 amide bonds. The number of benzene rings is 1. The average Bonchev–Trinajstić information content (AvgIpc) is 3.03. The third kappa shape index (κ3) is 3.67. The van der Waals surface area contributed by atoms with E-state index in [4.69, 9.17) is 23.2 Å². The first-order valence-corrected chi connectivity index (χ1v) is 9.72. The molecule has 0 atom stereocenters. The minimum Gasteiger partial charge on any atom is -0.336 e. The molecule has 7 nitrogen and oxygen atoms in total. The van der Waals surface area contributed by atoms with Gasteiger partial charge in [-0.2, -0.15) is 9.40 Å². The normalized spacial score (nSPS) is 16.2. The lowest BCUT2D eigenvalue weighted by atomic mass is 10.2. The minimum absolute atomic E-state index is 0.0197. The predicted molar refractivity (Wildman–Crippen MR) is 94.3 cm³/mol. The molecule has 2 aromatic rings. The molecule has 2 heterocycles. The van der Waals surface area contributed by atoms with Gasteiger partial charge in [-0.1, -0.05) is 23.2 Å². The Kier molecular flexibility index (Phi) is 5.06. The van der Waals surface area contributed by atoms with Gasteiger partial charge in [0, 0.05) is 44.4 Å². The summed E-state index contributed by atoms with van der Waals surface area (Å²) in [5, 5.41) is 4.40. The molecule has 3 rings (SSSR count). The van der Waals surface area contributed by atoms with Gasteiger partial charge in [-0.05, 0) is 18.2 Å². The summed E-state index contributed by atoms with van der Waals surface area (Å²) >= 11 is 11.9. The van der Waals surface area contributed by atoms with Crippen LogP contribution >= 0.6 is 23.2 Å². The summed E-state index contributed by atoms with van der Waals surface area (Å²) in [4.78, 5) is 14.0. The number of aromatic nitrogens is 2. The fourth-order valence-corrected chi connectivity index (χ4v) is 4.82. The first-order chi connectivity index (χ1) is 11.8. The van der Waals surface area contributed by atoms with Crippen LogP contribution in [0.25, 0.3) is 0 Å². The van der Waals surface area contributed by atoms with E-state index in [0.717, 1.165) is 0 Å². The summed E-state index contributed by atoms with van der Waals surface area (Å²) in [7, 11) is -2.03. The summed E-state index contributed by atoms with van der Waals surface area (Å²) < 4.78 is 28.4. The molecule has 0 bridgehead atoms. The molecule has 1 fully saturated rings. The molecule has 0 N–H and O–H groups in total. The molecule has 1 saturated heterocycles. The number of sulfonamides is 1. The molecular weight excluding hydrogens is 387 g/mol. The maximum absolute atomic E-state index is 12.8. The molecule has 25 heavy (non-hydrogen) atoms. The number of hydrogen-bond donors (Lipinski definition) is 0. The minimum atomic E-state index is -3.76. The van der Waals surface area contributed by atoms with Gasteiger partial charge in [0.25, 0.3) is 5.91 Å². The number of carbonyl (C=O) groups excluding carboxylic acids is 1. The molecule has 0 spiro atoms. The quantitative estimate of drug-likeness (QED) is 0.784. The largest absolute Gasteiger partial charge is 0.336 e. The number of nitrogens with zero attached hydrogens (tertiary/aromatic N) is 4. The van der Waals surface area contributed by atoms with Gasteiger partial charge in [0.15, 0.2) is 0 Å². The maximum Gasteiger partial charge on any atom is 0.257 e. The second kappa shape index (κ2) is 6.95. The Morgan fingerprint density at radius 2 is 1.84 bits per heavy atom. The van der Waals surface area contributed by atoms with Gasteiger partial charge in [-0.3, -0.25) is 9.48 Å². The zero-order valence-corrected chi connectivity index (χ0v) is 15.7. The maximum atomic E-state index is 12.8. The van der Waals surface area contributed by atoms with E-state index < -0.39 is 10.0 Å². The van der Waals surface area contributed by atoms with Crippen LogP contribution in [-0.4, -0.2) is 59.5 Å². The fraction of sp³-hybridized carbons (Fsp3) is 0.333. The van der Waals surface area contributed by atoms with E-state index in [1.54, 1.807) is 22.8 Å².